The van der Waals surface area contributed by atoms with Gasteiger partial charge in [-0.25, -0.2) is 9.97 Å². The molecular formula is C25H25N3O2S2. The van der Waals surface area contributed by atoms with Crippen LogP contribution in [0.15, 0.2) is 53.4 Å². The minimum absolute atomic E-state index is 0.715. The fraction of sp³-hybridized carbons (Fsp3) is 0.280. The van der Waals surface area contributed by atoms with Crippen LogP contribution in [0.1, 0.15) is 29.1 Å². The minimum Gasteiger partial charge on any atom is -0.497 e. The van der Waals surface area contributed by atoms with Gasteiger partial charge in [0.15, 0.2) is 0 Å². The molecule has 4 aromatic rings. The number of nitrogens with zero attached hydrogens (tertiary/aromatic N) is 2. The molecule has 5 rings (SSSR count). The molecule has 0 atom stereocenters. The largest absolute Gasteiger partial charge is 0.497 e. The van der Waals surface area contributed by atoms with Crippen LogP contribution >= 0.6 is 23.1 Å². The van der Waals surface area contributed by atoms with E-state index in [0.29, 0.717) is 5.75 Å². The summed E-state index contributed by atoms with van der Waals surface area (Å²) < 4.78 is 11.0. The van der Waals surface area contributed by atoms with E-state index in [4.69, 9.17) is 19.4 Å². The maximum Gasteiger partial charge on any atom is 0.143 e. The predicted molar refractivity (Wildman–Crippen MR) is 133 cm³/mol. The summed E-state index contributed by atoms with van der Waals surface area (Å²) in [5, 5.41) is 4.71. The van der Waals surface area contributed by atoms with Crippen LogP contribution in [-0.2, 0) is 18.6 Å². The number of rotatable bonds is 7. The van der Waals surface area contributed by atoms with Crippen LogP contribution in [0.5, 0.6) is 11.5 Å². The van der Waals surface area contributed by atoms with Gasteiger partial charge in [-0.2, -0.15) is 0 Å². The highest BCUT2D eigenvalue weighted by molar-refractivity contribution is 7.98. The molecule has 1 aliphatic rings. The summed E-state index contributed by atoms with van der Waals surface area (Å²) in [6, 6.07) is 16.1. The Morgan fingerprint density at radius 3 is 2.66 bits per heavy atom. The molecule has 0 spiro atoms. The molecule has 1 aliphatic carbocycles. The Labute approximate surface area is 196 Å². The topological polar surface area (TPSA) is 56.3 Å². The van der Waals surface area contributed by atoms with Gasteiger partial charge in [-0.3, -0.25) is 0 Å². The van der Waals surface area contributed by atoms with Crippen LogP contribution in [0, 0.1) is 0 Å². The molecular weight excluding hydrogens is 438 g/mol. The maximum absolute atomic E-state index is 5.60. The van der Waals surface area contributed by atoms with Crippen LogP contribution in [-0.4, -0.2) is 24.2 Å². The van der Waals surface area contributed by atoms with Gasteiger partial charge in [-0.1, -0.05) is 18.2 Å². The summed E-state index contributed by atoms with van der Waals surface area (Å²) in [7, 11) is 3.35. The summed E-state index contributed by atoms with van der Waals surface area (Å²) in [6.45, 7) is 0. The third kappa shape index (κ3) is 4.27. The van der Waals surface area contributed by atoms with Gasteiger partial charge in [0.25, 0.3) is 0 Å². The van der Waals surface area contributed by atoms with Gasteiger partial charge in [0.05, 0.1) is 31.0 Å². The number of thiophene rings is 1. The third-order valence-electron chi connectivity index (χ3n) is 5.63. The maximum atomic E-state index is 5.60. The molecule has 5 nitrogen and oxygen atoms in total. The number of hydrogen-bond acceptors (Lipinski definition) is 7. The molecule has 0 bridgehead atoms. The number of aromatic nitrogens is 2. The minimum atomic E-state index is 0.715. The first-order chi connectivity index (χ1) is 15.7. The van der Waals surface area contributed by atoms with Crippen LogP contribution < -0.4 is 14.8 Å². The summed E-state index contributed by atoms with van der Waals surface area (Å²) in [5.41, 5.74) is 2.24. The van der Waals surface area contributed by atoms with Crippen molar-refractivity contribution < 1.29 is 9.47 Å². The van der Waals surface area contributed by atoms with E-state index in [9.17, 15) is 0 Å². The van der Waals surface area contributed by atoms with Crippen LogP contribution in [0.25, 0.3) is 10.2 Å². The van der Waals surface area contributed by atoms with Gasteiger partial charge >= 0.3 is 0 Å². The second-order valence-corrected chi connectivity index (χ2v) is 9.80. The van der Waals surface area contributed by atoms with Crippen LogP contribution in [0.2, 0.25) is 0 Å². The summed E-state index contributed by atoms with van der Waals surface area (Å²) >= 11 is 3.57. The van der Waals surface area contributed by atoms with E-state index in [0.717, 1.165) is 51.9 Å². The lowest BCUT2D eigenvalue weighted by Gasteiger charge is -2.15. The average Bonchev–Trinajstić information content (AvgIpc) is 3.22. The fourth-order valence-electron chi connectivity index (χ4n) is 4.06. The van der Waals surface area contributed by atoms with Crippen molar-refractivity contribution in [2.45, 2.75) is 36.3 Å². The highest BCUT2D eigenvalue weighted by Gasteiger charge is 2.22. The van der Waals surface area contributed by atoms with E-state index in [2.05, 4.69) is 29.6 Å². The van der Waals surface area contributed by atoms with Crippen molar-refractivity contribution in [2.75, 3.05) is 19.5 Å². The van der Waals surface area contributed by atoms with Gasteiger partial charge in [-0.15, -0.1) is 23.1 Å². The lowest BCUT2D eigenvalue weighted by atomic mass is 9.97. The second-order valence-electron chi connectivity index (χ2n) is 7.67. The Morgan fingerprint density at radius 2 is 1.84 bits per heavy atom. The Morgan fingerprint density at radius 1 is 1.00 bits per heavy atom. The summed E-state index contributed by atoms with van der Waals surface area (Å²) in [6.07, 6.45) is 4.68. The molecule has 0 saturated heterocycles. The van der Waals surface area contributed by atoms with Crippen molar-refractivity contribution in [1.82, 2.24) is 9.97 Å². The molecule has 32 heavy (non-hydrogen) atoms. The van der Waals surface area contributed by atoms with E-state index < -0.39 is 0 Å². The molecule has 0 fully saturated rings. The zero-order valence-corrected chi connectivity index (χ0v) is 19.8. The SMILES string of the molecule is COc1ccc(OC)c(Nc2nc(CSc3ccccc3)nc3sc4c(c23)CCCC4)c1. The van der Waals surface area contributed by atoms with Crippen molar-refractivity contribution in [3.05, 3.63) is 64.8 Å². The summed E-state index contributed by atoms with van der Waals surface area (Å²) in [5.74, 6) is 3.92. The van der Waals surface area contributed by atoms with Crippen molar-refractivity contribution in [1.29, 1.82) is 0 Å². The first kappa shape index (κ1) is 21.1. The lowest BCUT2D eigenvalue weighted by molar-refractivity contribution is 0.405. The zero-order chi connectivity index (χ0) is 21.9. The van der Waals surface area contributed by atoms with Gasteiger partial charge in [0, 0.05) is 15.8 Å². The van der Waals surface area contributed by atoms with Crippen molar-refractivity contribution in [3.8, 4) is 11.5 Å². The highest BCUT2D eigenvalue weighted by atomic mass is 32.2. The molecule has 2 aromatic heterocycles. The Hall–Kier alpha value is -2.77. The molecule has 2 heterocycles. The fourth-order valence-corrected chi connectivity index (χ4v) is 6.12. The van der Waals surface area contributed by atoms with Crippen molar-refractivity contribution in [2.24, 2.45) is 0 Å². The first-order valence-corrected chi connectivity index (χ1v) is 12.5. The zero-order valence-electron chi connectivity index (χ0n) is 18.2. The first-order valence-electron chi connectivity index (χ1n) is 10.7. The van der Waals surface area contributed by atoms with Crippen molar-refractivity contribution >= 4 is 44.8 Å². The van der Waals surface area contributed by atoms with E-state index >= 15 is 0 Å². The molecule has 0 unspecified atom stereocenters. The number of hydrogen-bond donors (Lipinski definition) is 1. The van der Waals surface area contributed by atoms with Gasteiger partial charge in [-0.05, 0) is 55.5 Å². The molecule has 0 saturated carbocycles. The molecule has 1 N–H and O–H groups in total. The Kier molecular flexibility index (Phi) is 6.19. The standard InChI is InChI=1S/C25H25N3O2S2/c1-29-16-12-13-20(30-2)19(14-16)26-24-23-18-10-6-7-11-21(18)32-25(23)28-22(27-24)15-31-17-8-4-3-5-9-17/h3-5,8-9,12-14H,6-7,10-11,15H2,1-2H3,(H,26,27,28). The number of thioether (sulfide) groups is 1. The lowest BCUT2D eigenvalue weighted by Crippen LogP contribution is -2.04. The number of methoxy groups -OCH3 is 2. The number of ether oxygens (including phenoxy) is 2. The van der Waals surface area contributed by atoms with Crippen molar-refractivity contribution in [3.63, 3.8) is 0 Å². The third-order valence-corrected chi connectivity index (χ3v) is 7.83. The second kappa shape index (κ2) is 9.38. The Bertz CT molecular complexity index is 1240. The smallest absolute Gasteiger partial charge is 0.143 e. The normalized spacial score (nSPS) is 13.1. The average molecular weight is 464 g/mol. The van der Waals surface area contributed by atoms with E-state index in [1.807, 2.05) is 35.6 Å². The molecule has 2 aromatic carbocycles. The summed E-state index contributed by atoms with van der Waals surface area (Å²) in [4.78, 5) is 13.7. The molecule has 0 amide bonds. The number of aryl methyl sites for hydroxylation is 2. The quantitative estimate of drug-likeness (QED) is 0.311. The molecule has 164 valence electrons. The van der Waals surface area contributed by atoms with Gasteiger partial charge in [0.2, 0.25) is 0 Å². The predicted octanol–water partition coefficient (Wildman–Crippen LogP) is 6.62. The van der Waals surface area contributed by atoms with E-state index in [1.54, 1.807) is 26.0 Å². The van der Waals surface area contributed by atoms with E-state index in [-0.39, 0.29) is 0 Å². The molecule has 7 heteroatoms. The number of nitrogens with one attached hydrogen (secondary N) is 1. The van der Waals surface area contributed by atoms with Crippen LogP contribution in [0.3, 0.4) is 0 Å². The highest BCUT2D eigenvalue weighted by Crippen LogP contribution is 2.41. The molecule has 0 aliphatic heterocycles. The number of anilines is 2. The molecule has 0 radical (unpaired) electrons. The monoisotopic (exact) mass is 463 g/mol. The van der Waals surface area contributed by atoms with E-state index in [1.165, 1.54) is 28.2 Å². The van der Waals surface area contributed by atoms with Gasteiger partial charge in [0.1, 0.15) is 28.0 Å². The number of fused-ring (bicyclic) bond motifs is 3. The van der Waals surface area contributed by atoms with Crippen LogP contribution in [0.4, 0.5) is 11.5 Å². The Balaban J connectivity index is 1.57. The number of benzene rings is 2. The van der Waals surface area contributed by atoms with Gasteiger partial charge < -0.3 is 14.8 Å².